The Kier molecular flexibility index (Phi) is 3.89. The Bertz CT molecular complexity index is 734. The van der Waals surface area contributed by atoms with Crippen LogP contribution in [-0.2, 0) is 0 Å². The van der Waals surface area contributed by atoms with Crippen LogP contribution in [0.2, 0.25) is 0 Å². The third-order valence-corrected chi connectivity index (χ3v) is 3.77. The SMILES string of the molecule is CNC(C)c1ccc(Oc2ccc3ccccc3c2)cc1. The maximum absolute atomic E-state index is 5.93. The van der Waals surface area contributed by atoms with Gasteiger partial charge in [0, 0.05) is 6.04 Å². The fourth-order valence-electron chi connectivity index (χ4n) is 2.36. The molecule has 0 heterocycles. The van der Waals surface area contributed by atoms with Crippen molar-refractivity contribution in [2.45, 2.75) is 13.0 Å². The number of benzene rings is 3. The van der Waals surface area contributed by atoms with E-state index in [9.17, 15) is 0 Å². The summed E-state index contributed by atoms with van der Waals surface area (Å²) in [7, 11) is 1.96. The molecule has 0 bridgehead atoms. The average molecular weight is 277 g/mol. The van der Waals surface area contributed by atoms with Gasteiger partial charge >= 0.3 is 0 Å². The van der Waals surface area contributed by atoms with Gasteiger partial charge in [-0.3, -0.25) is 0 Å². The molecule has 106 valence electrons. The Morgan fingerprint density at radius 2 is 1.48 bits per heavy atom. The van der Waals surface area contributed by atoms with E-state index in [-0.39, 0.29) is 0 Å². The third-order valence-electron chi connectivity index (χ3n) is 3.77. The van der Waals surface area contributed by atoms with Gasteiger partial charge in [-0.1, -0.05) is 42.5 Å². The van der Waals surface area contributed by atoms with Crippen LogP contribution in [0, 0.1) is 0 Å². The van der Waals surface area contributed by atoms with E-state index in [1.807, 2.05) is 37.4 Å². The summed E-state index contributed by atoms with van der Waals surface area (Å²) >= 11 is 0. The lowest BCUT2D eigenvalue weighted by Crippen LogP contribution is -2.11. The molecule has 0 amide bonds. The predicted molar refractivity (Wildman–Crippen MR) is 87.9 cm³/mol. The first-order chi connectivity index (χ1) is 10.3. The minimum absolute atomic E-state index is 0.347. The Labute approximate surface area is 125 Å². The van der Waals surface area contributed by atoms with E-state index in [1.165, 1.54) is 16.3 Å². The molecule has 1 atom stereocenters. The van der Waals surface area contributed by atoms with Gasteiger partial charge in [0.2, 0.25) is 0 Å². The zero-order valence-electron chi connectivity index (χ0n) is 12.3. The van der Waals surface area contributed by atoms with E-state index in [1.54, 1.807) is 0 Å². The fraction of sp³-hybridized carbons (Fsp3) is 0.158. The van der Waals surface area contributed by atoms with Crippen molar-refractivity contribution < 1.29 is 4.74 Å². The lowest BCUT2D eigenvalue weighted by molar-refractivity contribution is 0.483. The zero-order valence-corrected chi connectivity index (χ0v) is 12.3. The summed E-state index contributed by atoms with van der Waals surface area (Å²) in [4.78, 5) is 0. The molecule has 0 saturated carbocycles. The molecular weight excluding hydrogens is 258 g/mol. The Hall–Kier alpha value is -2.32. The van der Waals surface area contributed by atoms with E-state index in [2.05, 4.69) is 48.6 Å². The highest BCUT2D eigenvalue weighted by Gasteiger charge is 2.03. The summed E-state index contributed by atoms with van der Waals surface area (Å²) in [5.74, 6) is 1.72. The molecule has 3 aromatic carbocycles. The van der Waals surface area contributed by atoms with Gasteiger partial charge < -0.3 is 10.1 Å². The largest absolute Gasteiger partial charge is 0.457 e. The average Bonchev–Trinajstić information content (AvgIpc) is 2.55. The molecule has 0 saturated heterocycles. The second-order valence-electron chi connectivity index (χ2n) is 5.19. The van der Waals surface area contributed by atoms with Crippen molar-refractivity contribution in [2.24, 2.45) is 0 Å². The van der Waals surface area contributed by atoms with Gasteiger partial charge in [0.1, 0.15) is 11.5 Å². The summed E-state index contributed by atoms with van der Waals surface area (Å²) in [6.07, 6.45) is 0. The maximum atomic E-state index is 5.93. The van der Waals surface area contributed by atoms with Crippen LogP contribution >= 0.6 is 0 Å². The van der Waals surface area contributed by atoms with Crippen LogP contribution in [0.3, 0.4) is 0 Å². The van der Waals surface area contributed by atoms with Crippen molar-refractivity contribution in [2.75, 3.05) is 7.05 Å². The summed E-state index contributed by atoms with van der Waals surface area (Å²) < 4.78 is 5.93. The molecule has 2 nitrogen and oxygen atoms in total. The summed E-state index contributed by atoms with van der Waals surface area (Å²) in [6.45, 7) is 2.14. The highest BCUT2D eigenvalue weighted by atomic mass is 16.5. The molecular formula is C19H19NO. The van der Waals surface area contributed by atoms with Gasteiger partial charge in [-0.05, 0) is 54.6 Å². The van der Waals surface area contributed by atoms with E-state index in [4.69, 9.17) is 4.74 Å². The van der Waals surface area contributed by atoms with E-state index >= 15 is 0 Å². The van der Waals surface area contributed by atoms with Crippen molar-refractivity contribution >= 4 is 10.8 Å². The van der Waals surface area contributed by atoms with Crippen molar-refractivity contribution in [3.63, 3.8) is 0 Å². The van der Waals surface area contributed by atoms with Gasteiger partial charge in [0.15, 0.2) is 0 Å². The number of hydrogen-bond acceptors (Lipinski definition) is 2. The zero-order chi connectivity index (χ0) is 14.7. The standard InChI is InChI=1S/C19H19NO/c1-14(20-2)15-7-10-18(11-8-15)21-19-12-9-16-5-3-4-6-17(16)13-19/h3-14,20H,1-2H3. The first-order valence-electron chi connectivity index (χ1n) is 7.20. The highest BCUT2D eigenvalue weighted by Crippen LogP contribution is 2.26. The molecule has 3 aromatic rings. The molecule has 1 unspecified atom stereocenters. The van der Waals surface area contributed by atoms with Crippen molar-refractivity contribution in [3.05, 3.63) is 72.3 Å². The number of hydrogen-bond donors (Lipinski definition) is 1. The number of ether oxygens (including phenoxy) is 1. The number of fused-ring (bicyclic) bond motifs is 1. The second kappa shape index (κ2) is 5.98. The van der Waals surface area contributed by atoms with Crippen molar-refractivity contribution in [3.8, 4) is 11.5 Å². The molecule has 21 heavy (non-hydrogen) atoms. The lowest BCUT2D eigenvalue weighted by Gasteiger charge is -2.12. The smallest absolute Gasteiger partial charge is 0.128 e. The molecule has 0 aliphatic carbocycles. The third kappa shape index (κ3) is 3.06. The molecule has 0 spiro atoms. The van der Waals surface area contributed by atoms with Crippen LogP contribution < -0.4 is 10.1 Å². The Morgan fingerprint density at radius 1 is 0.810 bits per heavy atom. The topological polar surface area (TPSA) is 21.3 Å². The molecule has 0 aliphatic heterocycles. The predicted octanol–water partition coefficient (Wildman–Crippen LogP) is 4.91. The van der Waals surface area contributed by atoms with Gasteiger partial charge in [-0.2, -0.15) is 0 Å². The summed E-state index contributed by atoms with van der Waals surface area (Å²) in [5, 5.41) is 5.64. The van der Waals surface area contributed by atoms with Gasteiger partial charge in [-0.15, -0.1) is 0 Å². The second-order valence-corrected chi connectivity index (χ2v) is 5.19. The fourth-order valence-corrected chi connectivity index (χ4v) is 2.36. The minimum atomic E-state index is 0.347. The van der Waals surface area contributed by atoms with Gasteiger partial charge in [0.25, 0.3) is 0 Å². The molecule has 3 rings (SSSR count). The first kappa shape index (κ1) is 13.7. The maximum Gasteiger partial charge on any atom is 0.128 e. The summed E-state index contributed by atoms with van der Waals surface area (Å²) in [6, 6.07) is 23.0. The molecule has 2 heteroatoms. The number of rotatable bonds is 4. The van der Waals surface area contributed by atoms with Crippen LogP contribution in [-0.4, -0.2) is 7.05 Å². The normalized spacial score (nSPS) is 12.3. The van der Waals surface area contributed by atoms with E-state index in [0.29, 0.717) is 6.04 Å². The Morgan fingerprint density at radius 3 is 2.19 bits per heavy atom. The first-order valence-corrected chi connectivity index (χ1v) is 7.20. The highest BCUT2D eigenvalue weighted by molar-refractivity contribution is 5.83. The van der Waals surface area contributed by atoms with Crippen LogP contribution in [0.25, 0.3) is 10.8 Å². The molecule has 1 N–H and O–H groups in total. The number of nitrogens with one attached hydrogen (secondary N) is 1. The van der Waals surface area contributed by atoms with E-state index < -0.39 is 0 Å². The van der Waals surface area contributed by atoms with Crippen LogP contribution in [0.5, 0.6) is 11.5 Å². The summed E-state index contributed by atoms with van der Waals surface area (Å²) in [5.41, 5.74) is 1.25. The van der Waals surface area contributed by atoms with Crippen LogP contribution in [0.15, 0.2) is 66.7 Å². The van der Waals surface area contributed by atoms with Crippen molar-refractivity contribution in [1.82, 2.24) is 5.32 Å². The van der Waals surface area contributed by atoms with Crippen LogP contribution in [0.1, 0.15) is 18.5 Å². The van der Waals surface area contributed by atoms with Crippen molar-refractivity contribution in [1.29, 1.82) is 0 Å². The van der Waals surface area contributed by atoms with Gasteiger partial charge in [0.05, 0.1) is 0 Å². The molecule has 0 radical (unpaired) electrons. The quantitative estimate of drug-likeness (QED) is 0.731. The Balaban J connectivity index is 1.81. The van der Waals surface area contributed by atoms with E-state index in [0.717, 1.165) is 11.5 Å². The monoisotopic (exact) mass is 277 g/mol. The minimum Gasteiger partial charge on any atom is -0.457 e. The lowest BCUT2D eigenvalue weighted by atomic mass is 10.1. The van der Waals surface area contributed by atoms with Gasteiger partial charge in [-0.25, -0.2) is 0 Å². The molecule has 0 aromatic heterocycles. The molecule has 0 fully saturated rings. The van der Waals surface area contributed by atoms with Crippen LogP contribution in [0.4, 0.5) is 0 Å². The molecule has 0 aliphatic rings.